The first-order valence-corrected chi connectivity index (χ1v) is 8.45. The van der Waals surface area contributed by atoms with Crippen molar-refractivity contribution in [1.82, 2.24) is 4.98 Å². The predicted molar refractivity (Wildman–Crippen MR) is 83.7 cm³/mol. The molecule has 0 aromatic carbocycles. The second kappa shape index (κ2) is 5.92. The zero-order valence-electron chi connectivity index (χ0n) is 12.8. The lowest BCUT2D eigenvalue weighted by molar-refractivity contribution is 0.247. The number of nitrogens with two attached hydrogens (primary N) is 1. The van der Waals surface area contributed by atoms with Crippen LogP contribution in [0.5, 0.6) is 0 Å². The molecule has 3 unspecified atom stereocenters. The van der Waals surface area contributed by atoms with E-state index >= 15 is 0 Å². The molecule has 1 heterocycles. The Morgan fingerprint density at radius 3 is 2.68 bits per heavy atom. The zero-order valence-corrected chi connectivity index (χ0v) is 13.6. The highest BCUT2D eigenvalue weighted by Crippen LogP contribution is 2.39. The third kappa shape index (κ3) is 3.57. The third-order valence-corrected chi connectivity index (χ3v) is 5.38. The molecule has 2 rings (SSSR count). The van der Waals surface area contributed by atoms with E-state index < -0.39 is 0 Å². The van der Waals surface area contributed by atoms with Gasteiger partial charge in [0.05, 0.1) is 10.7 Å². The van der Waals surface area contributed by atoms with Gasteiger partial charge in [-0.25, -0.2) is 4.98 Å². The highest BCUT2D eigenvalue weighted by atomic mass is 32.1. The Kier molecular flexibility index (Phi) is 4.67. The highest BCUT2D eigenvalue weighted by Gasteiger charge is 2.29. The molecule has 1 aliphatic rings. The molecule has 1 aromatic heterocycles. The summed E-state index contributed by atoms with van der Waals surface area (Å²) in [4.78, 5) is 4.89. The quantitative estimate of drug-likeness (QED) is 0.896. The molecule has 0 radical (unpaired) electrons. The molecule has 1 fully saturated rings. The molecule has 1 saturated carbocycles. The second-order valence-electron chi connectivity index (χ2n) is 7.20. The van der Waals surface area contributed by atoms with Gasteiger partial charge in [0, 0.05) is 23.3 Å². The van der Waals surface area contributed by atoms with E-state index in [0.717, 1.165) is 18.4 Å². The van der Waals surface area contributed by atoms with Crippen molar-refractivity contribution in [2.45, 2.75) is 64.7 Å². The monoisotopic (exact) mass is 280 g/mol. The van der Waals surface area contributed by atoms with Gasteiger partial charge in [-0.15, -0.1) is 11.3 Å². The Labute approximate surface area is 121 Å². The van der Waals surface area contributed by atoms with Crippen LogP contribution >= 0.6 is 11.3 Å². The van der Waals surface area contributed by atoms with Crippen molar-refractivity contribution >= 4 is 11.3 Å². The van der Waals surface area contributed by atoms with Crippen LogP contribution in [-0.2, 0) is 5.41 Å². The summed E-state index contributed by atoms with van der Waals surface area (Å²) in [6, 6.07) is 0. The Morgan fingerprint density at radius 1 is 1.42 bits per heavy atom. The molecule has 3 heteroatoms. The van der Waals surface area contributed by atoms with E-state index in [1.807, 2.05) is 11.3 Å². The molecule has 3 atom stereocenters. The fourth-order valence-corrected chi connectivity index (χ4v) is 4.40. The summed E-state index contributed by atoms with van der Waals surface area (Å²) in [6.45, 7) is 9.81. The minimum Gasteiger partial charge on any atom is -0.330 e. The van der Waals surface area contributed by atoms with Crippen molar-refractivity contribution in [2.75, 3.05) is 6.54 Å². The smallest absolute Gasteiger partial charge is 0.0974 e. The first-order chi connectivity index (χ1) is 8.91. The summed E-state index contributed by atoms with van der Waals surface area (Å²) in [5.41, 5.74) is 7.43. The van der Waals surface area contributed by atoms with E-state index in [1.165, 1.54) is 36.4 Å². The Morgan fingerprint density at radius 2 is 2.16 bits per heavy atom. The summed E-state index contributed by atoms with van der Waals surface area (Å²) in [5, 5.41) is 3.50. The number of thiazole rings is 1. The lowest BCUT2D eigenvalue weighted by Gasteiger charge is -2.31. The molecule has 1 aromatic rings. The third-order valence-electron chi connectivity index (χ3n) is 4.41. The van der Waals surface area contributed by atoms with Crippen molar-refractivity contribution in [3.8, 4) is 0 Å². The number of hydrogen-bond donors (Lipinski definition) is 1. The first kappa shape index (κ1) is 15.0. The number of aromatic nitrogens is 1. The van der Waals surface area contributed by atoms with Crippen LogP contribution in [0.1, 0.15) is 70.0 Å². The van der Waals surface area contributed by atoms with Crippen LogP contribution in [-0.4, -0.2) is 11.5 Å². The van der Waals surface area contributed by atoms with Crippen molar-refractivity contribution in [3.05, 3.63) is 16.1 Å². The van der Waals surface area contributed by atoms with Gasteiger partial charge in [-0.2, -0.15) is 0 Å². The largest absolute Gasteiger partial charge is 0.330 e. The fraction of sp³-hybridized carbons (Fsp3) is 0.812. The van der Waals surface area contributed by atoms with Crippen LogP contribution in [0, 0.1) is 11.8 Å². The molecule has 108 valence electrons. The zero-order chi connectivity index (χ0) is 14.0. The predicted octanol–water partition coefficient (Wildman–Crippen LogP) is 4.31. The van der Waals surface area contributed by atoms with Gasteiger partial charge in [-0.05, 0) is 24.7 Å². The Hall–Kier alpha value is -0.410. The molecule has 0 saturated heterocycles. The van der Waals surface area contributed by atoms with Gasteiger partial charge in [0.25, 0.3) is 0 Å². The fourth-order valence-electron chi connectivity index (χ4n) is 3.14. The molecular weight excluding hydrogens is 252 g/mol. The number of hydrogen-bond acceptors (Lipinski definition) is 3. The maximum Gasteiger partial charge on any atom is 0.0974 e. The van der Waals surface area contributed by atoms with Crippen LogP contribution in [0.25, 0.3) is 0 Å². The van der Waals surface area contributed by atoms with E-state index in [0.29, 0.717) is 5.92 Å². The van der Waals surface area contributed by atoms with Gasteiger partial charge in [-0.3, -0.25) is 0 Å². The molecular formula is C16H28N2S. The van der Waals surface area contributed by atoms with Gasteiger partial charge < -0.3 is 5.73 Å². The Balaban J connectivity index is 2.15. The van der Waals surface area contributed by atoms with Crippen molar-refractivity contribution in [1.29, 1.82) is 0 Å². The highest BCUT2D eigenvalue weighted by molar-refractivity contribution is 7.09. The SMILES string of the molecule is CC1CCCC(C(CN)c2nc(C(C)(C)C)cs2)C1. The van der Waals surface area contributed by atoms with E-state index in [9.17, 15) is 0 Å². The molecule has 0 spiro atoms. The molecule has 0 aliphatic heterocycles. The molecule has 2 nitrogen and oxygen atoms in total. The summed E-state index contributed by atoms with van der Waals surface area (Å²) in [5.74, 6) is 2.08. The average molecular weight is 280 g/mol. The lowest BCUT2D eigenvalue weighted by atomic mass is 9.76. The van der Waals surface area contributed by atoms with Crippen molar-refractivity contribution < 1.29 is 0 Å². The van der Waals surface area contributed by atoms with Crippen LogP contribution in [0.4, 0.5) is 0 Å². The molecule has 19 heavy (non-hydrogen) atoms. The van der Waals surface area contributed by atoms with E-state index in [-0.39, 0.29) is 5.41 Å². The maximum atomic E-state index is 6.07. The molecule has 2 N–H and O–H groups in total. The summed E-state index contributed by atoms with van der Waals surface area (Å²) in [6.07, 6.45) is 5.40. The Bertz CT molecular complexity index is 405. The van der Waals surface area contributed by atoms with Crippen LogP contribution < -0.4 is 5.73 Å². The summed E-state index contributed by atoms with van der Waals surface area (Å²) < 4.78 is 0. The molecule has 1 aliphatic carbocycles. The van der Waals surface area contributed by atoms with Crippen molar-refractivity contribution in [2.24, 2.45) is 17.6 Å². The first-order valence-electron chi connectivity index (χ1n) is 7.57. The minimum absolute atomic E-state index is 0.147. The summed E-state index contributed by atoms with van der Waals surface area (Å²) >= 11 is 1.81. The van der Waals surface area contributed by atoms with Gasteiger partial charge in [0.15, 0.2) is 0 Å². The van der Waals surface area contributed by atoms with Crippen LogP contribution in [0.15, 0.2) is 5.38 Å². The standard InChI is InChI=1S/C16H28N2S/c1-11-6-5-7-12(8-11)13(9-17)15-18-14(10-19-15)16(2,3)4/h10-13H,5-9,17H2,1-4H3. The normalized spacial score (nSPS) is 26.4. The van der Waals surface area contributed by atoms with E-state index in [1.54, 1.807) is 0 Å². The van der Waals surface area contributed by atoms with Gasteiger partial charge in [0.1, 0.15) is 0 Å². The van der Waals surface area contributed by atoms with Crippen LogP contribution in [0.2, 0.25) is 0 Å². The molecule has 0 bridgehead atoms. The van der Waals surface area contributed by atoms with Gasteiger partial charge in [0.2, 0.25) is 0 Å². The number of nitrogens with zero attached hydrogens (tertiary/aromatic N) is 1. The summed E-state index contributed by atoms with van der Waals surface area (Å²) in [7, 11) is 0. The molecule has 0 amide bonds. The lowest BCUT2D eigenvalue weighted by Crippen LogP contribution is -2.26. The number of rotatable bonds is 3. The van der Waals surface area contributed by atoms with Crippen molar-refractivity contribution in [3.63, 3.8) is 0 Å². The van der Waals surface area contributed by atoms with E-state index in [2.05, 4.69) is 33.1 Å². The average Bonchev–Trinajstić information content (AvgIpc) is 2.79. The van der Waals surface area contributed by atoms with Gasteiger partial charge in [-0.1, -0.05) is 40.5 Å². The minimum atomic E-state index is 0.147. The van der Waals surface area contributed by atoms with Gasteiger partial charge >= 0.3 is 0 Å². The second-order valence-corrected chi connectivity index (χ2v) is 8.08. The van der Waals surface area contributed by atoms with E-state index in [4.69, 9.17) is 10.7 Å². The van der Waals surface area contributed by atoms with Crippen LogP contribution in [0.3, 0.4) is 0 Å². The maximum absolute atomic E-state index is 6.07. The topological polar surface area (TPSA) is 38.9 Å².